The number of ether oxygens (including phenoxy) is 2. The van der Waals surface area contributed by atoms with Crippen LogP contribution >= 0.6 is 0 Å². The van der Waals surface area contributed by atoms with Crippen LogP contribution in [0, 0.1) is 6.92 Å². The van der Waals surface area contributed by atoms with Crippen molar-refractivity contribution >= 4 is 5.91 Å². The molecule has 6 nitrogen and oxygen atoms in total. The first kappa shape index (κ1) is 23.3. The molecule has 3 rings (SSSR count). The summed E-state index contributed by atoms with van der Waals surface area (Å²) < 4.78 is 13.0. The number of primary amides is 1. The van der Waals surface area contributed by atoms with E-state index in [1.165, 1.54) is 0 Å². The van der Waals surface area contributed by atoms with Crippen molar-refractivity contribution < 1.29 is 19.4 Å². The van der Waals surface area contributed by atoms with Crippen LogP contribution in [0.2, 0.25) is 0 Å². The molecular formula is C26H32N2O4. The first-order valence-electron chi connectivity index (χ1n) is 10.9. The lowest BCUT2D eigenvalue weighted by Gasteiger charge is -2.14. The van der Waals surface area contributed by atoms with Gasteiger partial charge >= 0.3 is 0 Å². The summed E-state index contributed by atoms with van der Waals surface area (Å²) in [5.41, 5.74) is 11.0. The van der Waals surface area contributed by atoms with E-state index in [2.05, 4.69) is 11.5 Å². The molecule has 0 atom stereocenters. The number of carbonyl (C=O) groups is 1. The number of methoxy groups -OCH3 is 2. The van der Waals surface area contributed by atoms with Gasteiger partial charge in [0.15, 0.2) is 11.5 Å². The predicted molar refractivity (Wildman–Crippen MR) is 127 cm³/mol. The number of nitrogens with two attached hydrogens (primary N) is 1. The maximum absolute atomic E-state index is 12.5. The highest BCUT2D eigenvalue weighted by Gasteiger charge is 2.24. The molecule has 32 heavy (non-hydrogen) atoms. The van der Waals surface area contributed by atoms with E-state index in [1.54, 1.807) is 32.4 Å². The number of rotatable bonds is 10. The molecule has 0 spiro atoms. The SMILES string of the molecule is CCCCc1c(-c2cccc(O)c2)c(C(N)=O)c(C)n1CCc1ccc(OC)c(OC)c1. The summed E-state index contributed by atoms with van der Waals surface area (Å²) in [7, 11) is 3.25. The molecule has 0 bridgehead atoms. The van der Waals surface area contributed by atoms with Crippen molar-refractivity contribution in [2.75, 3.05) is 14.2 Å². The molecule has 0 saturated carbocycles. The topological polar surface area (TPSA) is 86.7 Å². The quantitative estimate of drug-likeness (QED) is 0.475. The van der Waals surface area contributed by atoms with Gasteiger partial charge in [0.25, 0.3) is 5.91 Å². The summed E-state index contributed by atoms with van der Waals surface area (Å²) in [6.45, 7) is 4.78. The normalized spacial score (nSPS) is 10.9. The molecule has 170 valence electrons. The van der Waals surface area contributed by atoms with Crippen molar-refractivity contribution in [1.82, 2.24) is 4.57 Å². The maximum atomic E-state index is 12.5. The van der Waals surface area contributed by atoms with Crippen molar-refractivity contribution in [2.45, 2.75) is 46.1 Å². The second kappa shape index (κ2) is 10.3. The minimum absolute atomic E-state index is 0.162. The fourth-order valence-electron chi connectivity index (χ4n) is 4.26. The van der Waals surface area contributed by atoms with Crippen molar-refractivity contribution in [1.29, 1.82) is 0 Å². The zero-order chi connectivity index (χ0) is 23.3. The molecule has 0 aliphatic carbocycles. The van der Waals surface area contributed by atoms with Crippen LogP contribution < -0.4 is 15.2 Å². The Hall–Kier alpha value is -3.41. The minimum Gasteiger partial charge on any atom is -0.508 e. The Morgan fingerprint density at radius 1 is 1.06 bits per heavy atom. The number of phenolic OH excluding ortho intramolecular Hbond substituents is 1. The Morgan fingerprint density at radius 2 is 1.81 bits per heavy atom. The molecule has 1 heterocycles. The highest BCUT2D eigenvalue weighted by Crippen LogP contribution is 2.36. The van der Waals surface area contributed by atoms with Gasteiger partial charge in [-0.2, -0.15) is 0 Å². The van der Waals surface area contributed by atoms with Gasteiger partial charge in [-0.25, -0.2) is 0 Å². The minimum atomic E-state index is -0.455. The third kappa shape index (κ3) is 4.74. The van der Waals surface area contributed by atoms with Crippen molar-refractivity contribution in [3.05, 3.63) is 65.0 Å². The zero-order valence-electron chi connectivity index (χ0n) is 19.3. The summed E-state index contributed by atoms with van der Waals surface area (Å²) in [6.07, 6.45) is 3.60. The van der Waals surface area contributed by atoms with Gasteiger partial charge < -0.3 is 24.9 Å². The van der Waals surface area contributed by atoms with Crippen LogP contribution in [-0.4, -0.2) is 29.8 Å². The van der Waals surface area contributed by atoms with Crippen molar-refractivity contribution in [2.24, 2.45) is 5.73 Å². The average Bonchev–Trinajstić information content (AvgIpc) is 3.07. The van der Waals surface area contributed by atoms with Gasteiger partial charge in [0, 0.05) is 23.5 Å². The van der Waals surface area contributed by atoms with Crippen LogP contribution in [0.4, 0.5) is 0 Å². The first-order valence-corrected chi connectivity index (χ1v) is 10.9. The number of unbranched alkanes of at least 4 members (excludes halogenated alkanes) is 1. The molecular weight excluding hydrogens is 404 g/mol. The van der Waals surface area contributed by atoms with Crippen LogP contribution in [0.25, 0.3) is 11.1 Å². The van der Waals surface area contributed by atoms with E-state index in [-0.39, 0.29) is 5.75 Å². The van der Waals surface area contributed by atoms with Crippen molar-refractivity contribution in [3.63, 3.8) is 0 Å². The molecule has 0 aliphatic heterocycles. The predicted octanol–water partition coefficient (Wildman–Crippen LogP) is 4.87. The summed E-state index contributed by atoms with van der Waals surface area (Å²) in [4.78, 5) is 12.5. The fourth-order valence-corrected chi connectivity index (χ4v) is 4.26. The van der Waals surface area contributed by atoms with E-state index in [9.17, 15) is 9.90 Å². The van der Waals surface area contributed by atoms with E-state index in [4.69, 9.17) is 15.2 Å². The largest absolute Gasteiger partial charge is 0.508 e. The van der Waals surface area contributed by atoms with Gasteiger partial charge in [-0.15, -0.1) is 0 Å². The van der Waals surface area contributed by atoms with Crippen LogP contribution in [0.5, 0.6) is 17.2 Å². The molecule has 0 fully saturated rings. The number of amides is 1. The number of nitrogens with zero attached hydrogens (tertiary/aromatic N) is 1. The molecule has 3 N–H and O–H groups in total. The highest BCUT2D eigenvalue weighted by atomic mass is 16.5. The maximum Gasteiger partial charge on any atom is 0.251 e. The Morgan fingerprint density at radius 3 is 2.44 bits per heavy atom. The molecule has 1 aromatic heterocycles. The van der Waals surface area contributed by atoms with Crippen molar-refractivity contribution in [3.8, 4) is 28.4 Å². The number of aromatic hydroxyl groups is 1. The fraction of sp³-hybridized carbons (Fsp3) is 0.346. The second-order valence-corrected chi connectivity index (χ2v) is 7.89. The van der Waals surface area contributed by atoms with Gasteiger partial charge in [0.1, 0.15) is 5.75 Å². The standard InChI is InChI=1S/C26H32N2O4/c1-5-6-10-21-25(19-8-7-9-20(29)16-19)24(26(27)30)17(2)28(21)14-13-18-11-12-22(31-3)23(15-18)32-4/h7-9,11-12,15-16,29H,5-6,10,13-14H2,1-4H3,(H2,27,30). The first-order chi connectivity index (χ1) is 15.4. The van der Waals surface area contributed by atoms with Gasteiger partial charge in [-0.05, 0) is 61.6 Å². The van der Waals surface area contributed by atoms with Crippen LogP contribution in [0.15, 0.2) is 42.5 Å². The number of hydrogen-bond donors (Lipinski definition) is 2. The number of hydrogen-bond acceptors (Lipinski definition) is 4. The molecule has 3 aromatic rings. The van der Waals surface area contributed by atoms with E-state index in [0.29, 0.717) is 23.6 Å². The molecule has 6 heteroatoms. The number of aromatic nitrogens is 1. The Balaban J connectivity index is 2.07. The monoisotopic (exact) mass is 436 g/mol. The lowest BCUT2D eigenvalue weighted by molar-refractivity contribution is 0.1000. The lowest BCUT2D eigenvalue weighted by Crippen LogP contribution is -2.14. The summed E-state index contributed by atoms with van der Waals surface area (Å²) in [5.74, 6) is 1.09. The highest BCUT2D eigenvalue weighted by molar-refractivity contribution is 6.02. The second-order valence-electron chi connectivity index (χ2n) is 7.89. The molecule has 2 aromatic carbocycles. The molecule has 0 saturated heterocycles. The summed E-state index contributed by atoms with van der Waals surface area (Å²) in [6, 6.07) is 12.9. The van der Waals surface area contributed by atoms with E-state index in [0.717, 1.165) is 53.8 Å². The van der Waals surface area contributed by atoms with Gasteiger partial charge in [0.2, 0.25) is 0 Å². The number of benzene rings is 2. The van der Waals surface area contributed by atoms with Gasteiger partial charge in [0.05, 0.1) is 19.8 Å². The Bertz CT molecular complexity index is 1100. The third-order valence-electron chi connectivity index (χ3n) is 5.85. The molecule has 1 amide bonds. The van der Waals surface area contributed by atoms with E-state index >= 15 is 0 Å². The third-order valence-corrected chi connectivity index (χ3v) is 5.85. The van der Waals surface area contributed by atoms with Gasteiger partial charge in [-0.3, -0.25) is 4.79 Å². The Labute approximate surface area is 189 Å². The molecule has 0 aliphatic rings. The lowest BCUT2D eigenvalue weighted by atomic mass is 9.97. The van der Waals surface area contributed by atoms with E-state index in [1.807, 2.05) is 31.2 Å². The smallest absolute Gasteiger partial charge is 0.251 e. The van der Waals surface area contributed by atoms with E-state index < -0.39 is 5.91 Å². The summed E-state index contributed by atoms with van der Waals surface area (Å²) in [5, 5.41) is 10.0. The Kier molecular flexibility index (Phi) is 7.46. The van der Waals surface area contributed by atoms with Crippen LogP contribution in [-0.2, 0) is 19.4 Å². The van der Waals surface area contributed by atoms with Crippen LogP contribution in [0.1, 0.15) is 47.1 Å². The summed E-state index contributed by atoms with van der Waals surface area (Å²) >= 11 is 0. The number of phenols is 1. The molecule has 0 radical (unpaired) electrons. The van der Waals surface area contributed by atoms with Crippen LogP contribution in [0.3, 0.4) is 0 Å². The average molecular weight is 437 g/mol. The number of carbonyl (C=O) groups excluding carboxylic acids is 1. The molecule has 0 unspecified atom stereocenters. The number of aryl methyl sites for hydroxylation is 1. The zero-order valence-corrected chi connectivity index (χ0v) is 19.3. The van der Waals surface area contributed by atoms with Gasteiger partial charge in [-0.1, -0.05) is 31.5 Å².